The maximum Gasteiger partial charge on any atom is 0.321 e. The molecule has 1 aromatic carbocycles. The molecule has 1 fully saturated rings. The first kappa shape index (κ1) is 21.6. The summed E-state index contributed by atoms with van der Waals surface area (Å²) in [6.45, 7) is 1.34. The summed E-state index contributed by atoms with van der Waals surface area (Å²) < 4.78 is 26.8. The molecule has 2 heterocycles. The third kappa shape index (κ3) is 5.92. The molecule has 11 heteroatoms. The molecule has 1 aliphatic heterocycles. The number of anilines is 1. The summed E-state index contributed by atoms with van der Waals surface area (Å²) in [5, 5.41) is 4.98. The zero-order valence-electron chi connectivity index (χ0n) is 15.5. The fourth-order valence-corrected chi connectivity index (χ4v) is 5.10. The molecule has 0 unspecified atom stereocenters. The number of hydrogen-bond donors (Lipinski definition) is 2. The Hall–Kier alpha value is -2.14. The number of sulfonamides is 1. The van der Waals surface area contributed by atoms with Crippen LogP contribution in [0.25, 0.3) is 0 Å². The van der Waals surface area contributed by atoms with Gasteiger partial charge in [-0.15, -0.1) is 11.3 Å². The quantitative estimate of drug-likeness (QED) is 0.721. The Morgan fingerprint density at radius 1 is 1.07 bits per heavy atom. The molecule has 0 bridgehead atoms. The third-order valence-electron chi connectivity index (χ3n) is 4.39. The van der Waals surface area contributed by atoms with Gasteiger partial charge in [0.2, 0.25) is 5.91 Å². The van der Waals surface area contributed by atoms with Gasteiger partial charge >= 0.3 is 6.03 Å². The maximum absolute atomic E-state index is 12.5. The van der Waals surface area contributed by atoms with Gasteiger partial charge in [0.25, 0.3) is 10.0 Å². The van der Waals surface area contributed by atoms with Crippen LogP contribution >= 0.6 is 22.9 Å². The Bertz CT molecular complexity index is 966. The van der Waals surface area contributed by atoms with E-state index in [2.05, 4.69) is 10.0 Å². The average Bonchev–Trinajstić information content (AvgIpc) is 3.12. The number of hydrogen-bond acceptors (Lipinski definition) is 5. The molecule has 0 saturated carbocycles. The van der Waals surface area contributed by atoms with Gasteiger partial charge < -0.3 is 15.1 Å². The van der Waals surface area contributed by atoms with Crippen LogP contribution in [-0.4, -0.2) is 62.9 Å². The Labute approximate surface area is 178 Å². The predicted octanol–water partition coefficient (Wildman–Crippen LogP) is 2.45. The Balaban J connectivity index is 1.51. The van der Waals surface area contributed by atoms with E-state index < -0.39 is 10.0 Å². The van der Waals surface area contributed by atoms with Crippen molar-refractivity contribution in [3.05, 3.63) is 46.8 Å². The van der Waals surface area contributed by atoms with Crippen LogP contribution in [0, 0.1) is 0 Å². The summed E-state index contributed by atoms with van der Waals surface area (Å²) in [4.78, 5) is 28.1. The van der Waals surface area contributed by atoms with E-state index in [1.807, 2.05) is 0 Å². The minimum atomic E-state index is -3.69. The molecule has 156 valence electrons. The molecule has 0 radical (unpaired) electrons. The van der Waals surface area contributed by atoms with E-state index in [-0.39, 0.29) is 22.7 Å². The van der Waals surface area contributed by atoms with Crippen LogP contribution in [0.4, 0.5) is 10.5 Å². The molecule has 29 heavy (non-hydrogen) atoms. The van der Waals surface area contributed by atoms with Crippen molar-refractivity contribution < 1.29 is 18.0 Å². The first-order chi connectivity index (χ1) is 13.8. The number of rotatable bonds is 5. The first-order valence-corrected chi connectivity index (χ1v) is 11.7. The van der Waals surface area contributed by atoms with E-state index in [0.29, 0.717) is 43.3 Å². The van der Waals surface area contributed by atoms with Gasteiger partial charge in [-0.3, -0.25) is 4.79 Å². The Morgan fingerprint density at radius 3 is 2.55 bits per heavy atom. The van der Waals surface area contributed by atoms with Gasteiger partial charge in [0.1, 0.15) is 4.21 Å². The molecule has 1 aliphatic rings. The lowest BCUT2D eigenvalue weighted by atomic mass is 10.3. The molecule has 0 atom stereocenters. The molecule has 3 rings (SSSR count). The zero-order chi connectivity index (χ0) is 20.9. The number of carbonyl (C=O) groups is 2. The van der Waals surface area contributed by atoms with Crippen molar-refractivity contribution in [2.24, 2.45) is 0 Å². The monoisotopic (exact) mass is 456 g/mol. The molecule has 1 aromatic heterocycles. The van der Waals surface area contributed by atoms with Gasteiger partial charge in [0.05, 0.1) is 6.54 Å². The minimum absolute atomic E-state index is 0.171. The van der Waals surface area contributed by atoms with Gasteiger partial charge in [-0.2, -0.15) is 0 Å². The first-order valence-electron chi connectivity index (χ1n) is 8.97. The highest BCUT2D eigenvalue weighted by Gasteiger charge is 2.24. The smallest absolute Gasteiger partial charge is 0.321 e. The second-order valence-corrected chi connectivity index (χ2v) is 9.80. The zero-order valence-corrected chi connectivity index (χ0v) is 17.9. The number of carbonyl (C=O) groups excluding carboxylic acids is 2. The summed E-state index contributed by atoms with van der Waals surface area (Å²) in [6.07, 6.45) is 0.604. The van der Waals surface area contributed by atoms with Crippen LogP contribution in [0.15, 0.2) is 46.0 Å². The number of benzene rings is 1. The van der Waals surface area contributed by atoms with Crippen LogP contribution in [0.3, 0.4) is 0 Å². The van der Waals surface area contributed by atoms with Crippen molar-refractivity contribution in [2.75, 3.05) is 38.0 Å². The molecular weight excluding hydrogens is 436 g/mol. The Kier molecular flexibility index (Phi) is 7.12. The minimum Gasteiger partial charge on any atom is -0.340 e. The summed E-state index contributed by atoms with van der Waals surface area (Å²) in [7, 11) is -3.69. The average molecular weight is 457 g/mol. The van der Waals surface area contributed by atoms with E-state index >= 15 is 0 Å². The molecule has 0 aliphatic carbocycles. The van der Waals surface area contributed by atoms with Crippen LogP contribution in [0.5, 0.6) is 0 Å². The summed E-state index contributed by atoms with van der Waals surface area (Å²) in [6, 6.07) is 9.74. The van der Waals surface area contributed by atoms with E-state index in [1.165, 1.54) is 6.07 Å². The molecular formula is C18H21ClN4O4S2. The van der Waals surface area contributed by atoms with Gasteiger partial charge in [-0.25, -0.2) is 17.9 Å². The normalized spacial score (nSPS) is 15.1. The number of nitrogens with zero attached hydrogens (tertiary/aromatic N) is 2. The third-order valence-corrected chi connectivity index (χ3v) is 7.42. The lowest BCUT2D eigenvalue weighted by Gasteiger charge is -2.22. The standard InChI is InChI=1S/C18H21ClN4O4S2/c19-14-4-1-5-15(12-14)21-18(25)23-8-3-7-22(9-10-23)16(24)13-20-29(26,27)17-6-2-11-28-17/h1-2,4-6,11-12,20H,3,7-10,13H2,(H,21,25). The number of amides is 3. The topological polar surface area (TPSA) is 98.8 Å². The maximum atomic E-state index is 12.5. The lowest BCUT2D eigenvalue weighted by molar-refractivity contribution is -0.129. The number of thiophene rings is 1. The fourth-order valence-electron chi connectivity index (χ4n) is 2.89. The van der Waals surface area contributed by atoms with E-state index in [9.17, 15) is 18.0 Å². The fraction of sp³-hybridized carbons (Fsp3) is 0.333. The number of halogens is 1. The van der Waals surface area contributed by atoms with E-state index in [1.54, 1.807) is 45.5 Å². The SMILES string of the molecule is O=C(CNS(=O)(=O)c1cccs1)N1CCCN(C(=O)Nc2cccc(Cl)c2)CC1. The second-order valence-electron chi connectivity index (χ2n) is 6.42. The molecule has 1 saturated heterocycles. The molecule has 8 nitrogen and oxygen atoms in total. The van der Waals surface area contributed by atoms with E-state index in [0.717, 1.165) is 11.3 Å². The van der Waals surface area contributed by atoms with Crippen LogP contribution < -0.4 is 10.0 Å². The summed E-state index contributed by atoms with van der Waals surface area (Å²) in [5.41, 5.74) is 0.600. The molecule has 2 aromatic rings. The van der Waals surface area contributed by atoms with Gasteiger partial charge in [-0.1, -0.05) is 23.7 Å². The Morgan fingerprint density at radius 2 is 1.83 bits per heavy atom. The second kappa shape index (κ2) is 9.57. The summed E-state index contributed by atoms with van der Waals surface area (Å²) in [5.74, 6) is -0.317. The van der Waals surface area contributed by atoms with Crippen LogP contribution in [0.2, 0.25) is 5.02 Å². The molecule has 0 spiro atoms. The van der Waals surface area contributed by atoms with E-state index in [4.69, 9.17) is 11.6 Å². The number of urea groups is 1. The van der Waals surface area contributed by atoms with Gasteiger partial charge in [-0.05, 0) is 36.1 Å². The highest BCUT2D eigenvalue weighted by molar-refractivity contribution is 7.91. The lowest BCUT2D eigenvalue weighted by Crippen LogP contribution is -2.42. The highest BCUT2D eigenvalue weighted by atomic mass is 35.5. The predicted molar refractivity (Wildman–Crippen MR) is 113 cm³/mol. The van der Waals surface area contributed by atoms with Crippen LogP contribution in [0.1, 0.15) is 6.42 Å². The molecule has 3 amide bonds. The van der Waals surface area contributed by atoms with Crippen molar-refractivity contribution in [1.82, 2.24) is 14.5 Å². The van der Waals surface area contributed by atoms with Crippen LogP contribution in [-0.2, 0) is 14.8 Å². The van der Waals surface area contributed by atoms with Crippen molar-refractivity contribution in [2.45, 2.75) is 10.6 Å². The van der Waals surface area contributed by atoms with Crippen molar-refractivity contribution in [3.8, 4) is 0 Å². The van der Waals surface area contributed by atoms with Gasteiger partial charge in [0.15, 0.2) is 0 Å². The number of nitrogens with one attached hydrogen (secondary N) is 2. The van der Waals surface area contributed by atoms with Crippen molar-refractivity contribution >= 4 is 50.6 Å². The highest BCUT2D eigenvalue weighted by Crippen LogP contribution is 2.17. The molecule has 2 N–H and O–H groups in total. The van der Waals surface area contributed by atoms with Crippen molar-refractivity contribution in [1.29, 1.82) is 0 Å². The largest absolute Gasteiger partial charge is 0.340 e. The van der Waals surface area contributed by atoms with Gasteiger partial charge in [0, 0.05) is 36.9 Å². The van der Waals surface area contributed by atoms with Crippen molar-refractivity contribution in [3.63, 3.8) is 0 Å². The summed E-state index contributed by atoms with van der Waals surface area (Å²) >= 11 is 7.02.